The molecule has 0 bridgehead atoms. The highest BCUT2D eigenvalue weighted by Crippen LogP contribution is 2.28. The first-order chi connectivity index (χ1) is 21.1. The lowest BCUT2D eigenvalue weighted by atomic mass is 9.98. The van der Waals surface area contributed by atoms with Gasteiger partial charge in [0.15, 0.2) is 5.78 Å². The molecular formula is C36H33FO7. The van der Waals surface area contributed by atoms with Crippen molar-refractivity contribution in [2.24, 2.45) is 0 Å². The molecule has 0 spiro atoms. The zero-order valence-corrected chi connectivity index (χ0v) is 24.5. The van der Waals surface area contributed by atoms with Crippen LogP contribution in [0.5, 0.6) is 11.5 Å². The van der Waals surface area contributed by atoms with E-state index in [1.165, 1.54) is 18.2 Å². The molecule has 3 aromatic rings. The van der Waals surface area contributed by atoms with Crippen LogP contribution in [0.1, 0.15) is 61.4 Å². The smallest absolute Gasteiger partial charge is 0.339 e. The summed E-state index contributed by atoms with van der Waals surface area (Å²) in [5, 5.41) is 0. The third kappa shape index (κ3) is 8.94. The SMILES string of the molecule is C=C(C)C(=O)Oc1ccc(/C=C/C(=O)c2ccc(-c3ccc(OC(=O)C(=C)CC(=O)OC4CCCCC4)cc3F)cc2)cc1. The molecule has 7 nitrogen and oxygen atoms in total. The summed E-state index contributed by atoms with van der Waals surface area (Å²) in [4.78, 5) is 48.9. The number of allylic oxidation sites excluding steroid dienone is 1. The average molecular weight is 597 g/mol. The van der Waals surface area contributed by atoms with Gasteiger partial charge in [-0.15, -0.1) is 0 Å². The minimum absolute atomic E-state index is 0.0306. The van der Waals surface area contributed by atoms with Crippen LogP contribution in [0, 0.1) is 5.82 Å². The first-order valence-electron chi connectivity index (χ1n) is 14.3. The maximum absolute atomic E-state index is 15.0. The van der Waals surface area contributed by atoms with Gasteiger partial charge in [-0.25, -0.2) is 14.0 Å². The van der Waals surface area contributed by atoms with E-state index in [9.17, 15) is 23.6 Å². The third-order valence-corrected chi connectivity index (χ3v) is 6.99. The standard InChI is InChI=1S/C36H33FO7/c1-23(2)35(40)43-29-16-9-25(10-17-29)11-20-33(38)27-14-12-26(13-15-27)31-19-18-30(22-32(31)37)44-36(41)24(3)21-34(39)42-28-7-5-4-6-8-28/h9-20,22,28H,1,3-8,21H2,2H3/b20-11+. The highest BCUT2D eigenvalue weighted by molar-refractivity contribution is 6.07. The van der Waals surface area contributed by atoms with Crippen LogP contribution in [-0.4, -0.2) is 29.8 Å². The molecule has 1 aliphatic rings. The Kier molecular flexibility index (Phi) is 10.8. The van der Waals surface area contributed by atoms with Crippen LogP contribution >= 0.6 is 0 Å². The molecule has 0 unspecified atom stereocenters. The van der Waals surface area contributed by atoms with Crippen molar-refractivity contribution in [3.63, 3.8) is 0 Å². The summed E-state index contributed by atoms with van der Waals surface area (Å²) in [5.74, 6) is -2.43. The minimum atomic E-state index is -0.837. The largest absolute Gasteiger partial charge is 0.462 e. The van der Waals surface area contributed by atoms with Gasteiger partial charge in [0.2, 0.25) is 0 Å². The molecule has 8 heteroatoms. The first-order valence-corrected chi connectivity index (χ1v) is 14.3. The van der Waals surface area contributed by atoms with E-state index in [0.717, 1.165) is 43.7 Å². The Balaban J connectivity index is 1.31. The van der Waals surface area contributed by atoms with Gasteiger partial charge in [-0.05, 0) is 74.1 Å². The highest BCUT2D eigenvalue weighted by atomic mass is 19.1. The number of ether oxygens (including phenoxy) is 3. The van der Waals surface area contributed by atoms with Gasteiger partial charge in [-0.3, -0.25) is 9.59 Å². The van der Waals surface area contributed by atoms with Crippen LogP contribution in [0.4, 0.5) is 4.39 Å². The molecule has 4 rings (SSSR count). The summed E-state index contributed by atoms with van der Waals surface area (Å²) >= 11 is 0. The fraction of sp³-hybridized carbons (Fsp3) is 0.222. The third-order valence-electron chi connectivity index (χ3n) is 6.99. The maximum Gasteiger partial charge on any atom is 0.339 e. The van der Waals surface area contributed by atoms with Gasteiger partial charge in [0.25, 0.3) is 0 Å². The summed E-state index contributed by atoms with van der Waals surface area (Å²) in [7, 11) is 0. The fourth-order valence-corrected chi connectivity index (χ4v) is 4.55. The summed E-state index contributed by atoms with van der Waals surface area (Å²) in [6.07, 6.45) is 7.41. The number of esters is 3. The minimum Gasteiger partial charge on any atom is -0.462 e. The second kappa shape index (κ2) is 14.9. The zero-order chi connectivity index (χ0) is 31.6. The van der Waals surface area contributed by atoms with Gasteiger partial charge in [0.05, 0.1) is 6.42 Å². The maximum atomic E-state index is 15.0. The van der Waals surface area contributed by atoms with Crippen molar-refractivity contribution in [2.75, 3.05) is 0 Å². The molecule has 1 saturated carbocycles. The Morgan fingerprint density at radius 1 is 0.841 bits per heavy atom. The Labute approximate surface area is 255 Å². The Hall–Kier alpha value is -5.11. The summed E-state index contributed by atoms with van der Waals surface area (Å²) in [6.45, 7) is 8.72. The molecule has 226 valence electrons. The van der Waals surface area contributed by atoms with E-state index in [4.69, 9.17) is 14.2 Å². The number of benzene rings is 3. The molecule has 0 atom stereocenters. The van der Waals surface area contributed by atoms with E-state index in [1.807, 2.05) is 0 Å². The monoisotopic (exact) mass is 596 g/mol. The Morgan fingerprint density at radius 2 is 1.48 bits per heavy atom. The molecule has 0 saturated heterocycles. The number of hydrogen-bond donors (Lipinski definition) is 0. The predicted octanol–water partition coefficient (Wildman–Crippen LogP) is 7.60. The van der Waals surface area contributed by atoms with Crippen LogP contribution < -0.4 is 9.47 Å². The molecule has 3 aromatic carbocycles. The number of halogens is 1. The van der Waals surface area contributed by atoms with E-state index >= 15 is 0 Å². The van der Waals surface area contributed by atoms with Crippen molar-refractivity contribution in [3.8, 4) is 22.6 Å². The Bertz CT molecular complexity index is 1590. The van der Waals surface area contributed by atoms with E-state index < -0.39 is 23.7 Å². The predicted molar refractivity (Wildman–Crippen MR) is 164 cm³/mol. The van der Waals surface area contributed by atoms with Crippen molar-refractivity contribution in [2.45, 2.75) is 51.6 Å². The molecule has 0 aromatic heterocycles. The number of hydrogen-bond acceptors (Lipinski definition) is 7. The molecule has 44 heavy (non-hydrogen) atoms. The molecule has 0 amide bonds. The van der Waals surface area contributed by atoms with Gasteiger partial charge in [0, 0.05) is 28.3 Å². The van der Waals surface area contributed by atoms with Crippen molar-refractivity contribution in [3.05, 3.63) is 114 Å². The van der Waals surface area contributed by atoms with Gasteiger partial charge in [0.1, 0.15) is 23.4 Å². The average Bonchev–Trinajstić information content (AvgIpc) is 3.01. The molecule has 1 aliphatic carbocycles. The lowest BCUT2D eigenvalue weighted by Gasteiger charge is -2.21. The zero-order valence-electron chi connectivity index (χ0n) is 24.5. The molecule has 0 N–H and O–H groups in total. The normalized spacial score (nSPS) is 13.2. The molecule has 0 heterocycles. The number of ketones is 1. The summed E-state index contributed by atoms with van der Waals surface area (Å²) in [5.41, 5.74) is 2.13. The van der Waals surface area contributed by atoms with Crippen LogP contribution in [0.3, 0.4) is 0 Å². The van der Waals surface area contributed by atoms with Crippen molar-refractivity contribution in [1.82, 2.24) is 0 Å². The van der Waals surface area contributed by atoms with Crippen molar-refractivity contribution < 1.29 is 37.8 Å². The van der Waals surface area contributed by atoms with E-state index in [0.29, 0.717) is 22.4 Å². The van der Waals surface area contributed by atoms with E-state index in [2.05, 4.69) is 13.2 Å². The summed E-state index contributed by atoms with van der Waals surface area (Å²) < 4.78 is 30.8. The number of rotatable bonds is 11. The second-order valence-electron chi connectivity index (χ2n) is 10.6. The van der Waals surface area contributed by atoms with Crippen LogP contribution in [0.2, 0.25) is 0 Å². The quantitative estimate of drug-likeness (QED) is 0.0973. The van der Waals surface area contributed by atoms with E-state index in [1.54, 1.807) is 61.5 Å². The van der Waals surface area contributed by atoms with E-state index in [-0.39, 0.29) is 35.2 Å². The number of carbonyl (C=O) groups is 4. The molecule has 0 aliphatic heterocycles. The van der Waals surface area contributed by atoms with Crippen LogP contribution in [0.25, 0.3) is 17.2 Å². The first kappa shape index (κ1) is 31.8. The molecule has 1 fully saturated rings. The van der Waals surface area contributed by atoms with Gasteiger partial charge >= 0.3 is 17.9 Å². The number of carbonyl (C=O) groups excluding carboxylic acids is 4. The van der Waals surface area contributed by atoms with Crippen molar-refractivity contribution >= 4 is 29.8 Å². The second-order valence-corrected chi connectivity index (χ2v) is 10.6. The molecule has 0 radical (unpaired) electrons. The van der Waals surface area contributed by atoms with Gasteiger partial charge in [-0.2, -0.15) is 0 Å². The topological polar surface area (TPSA) is 96.0 Å². The Morgan fingerprint density at radius 3 is 2.11 bits per heavy atom. The van der Waals surface area contributed by atoms with Crippen molar-refractivity contribution in [1.29, 1.82) is 0 Å². The highest BCUT2D eigenvalue weighted by Gasteiger charge is 2.21. The molecular weight excluding hydrogens is 563 g/mol. The lowest BCUT2D eigenvalue weighted by molar-refractivity contribution is -0.150. The summed E-state index contributed by atoms with van der Waals surface area (Å²) in [6, 6.07) is 17.1. The van der Waals surface area contributed by atoms with Gasteiger partial charge < -0.3 is 14.2 Å². The fourth-order valence-electron chi connectivity index (χ4n) is 4.55. The van der Waals surface area contributed by atoms with Gasteiger partial charge in [-0.1, -0.05) is 62.1 Å². The lowest BCUT2D eigenvalue weighted by Crippen LogP contribution is -2.22. The van der Waals surface area contributed by atoms with Crippen LogP contribution in [-0.2, 0) is 19.1 Å². The van der Waals surface area contributed by atoms with Crippen LogP contribution in [0.15, 0.2) is 97.1 Å².